The minimum atomic E-state index is -0.0217. The summed E-state index contributed by atoms with van der Waals surface area (Å²) in [6, 6.07) is 16.5. The van der Waals surface area contributed by atoms with Crippen molar-refractivity contribution in [3.63, 3.8) is 0 Å². The number of benzene rings is 2. The number of nitrogens with zero attached hydrogens (tertiary/aromatic N) is 3. The van der Waals surface area contributed by atoms with Crippen LogP contribution in [0.4, 0.5) is 4.79 Å². The van der Waals surface area contributed by atoms with Crippen LogP contribution < -0.4 is 0 Å². The third-order valence-corrected chi connectivity index (χ3v) is 7.26. The molecule has 2 unspecified atom stereocenters. The fourth-order valence-electron chi connectivity index (χ4n) is 4.99. The monoisotopic (exact) mass is 509 g/mol. The number of hydrogen-bond acceptors (Lipinski definition) is 4. The number of morpholine rings is 1. The SMILES string of the molecule is C=C(Cc1ccc(Cl)cc1)N=C(OC)C1CC(c2ccc(CC)cc2)CN(C(=O)N2CCOCC2)C1. The number of methoxy groups -OCH3 is 1. The molecule has 2 aliphatic rings. The Morgan fingerprint density at radius 3 is 2.36 bits per heavy atom. The summed E-state index contributed by atoms with van der Waals surface area (Å²) >= 11 is 6.02. The Kier molecular flexibility index (Phi) is 9.05. The van der Waals surface area contributed by atoms with Crippen LogP contribution in [0, 0.1) is 5.92 Å². The van der Waals surface area contributed by atoms with Gasteiger partial charge in [-0.15, -0.1) is 0 Å². The van der Waals surface area contributed by atoms with Crippen LogP contribution in [0.2, 0.25) is 5.02 Å². The second-order valence-corrected chi connectivity index (χ2v) is 9.97. The van der Waals surface area contributed by atoms with Crippen LogP contribution in [-0.2, 0) is 22.3 Å². The maximum atomic E-state index is 13.5. The third-order valence-electron chi connectivity index (χ3n) is 7.01. The maximum absolute atomic E-state index is 13.5. The van der Waals surface area contributed by atoms with Crippen molar-refractivity contribution >= 4 is 23.5 Å². The van der Waals surface area contributed by atoms with Gasteiger partial charge in [-0.1, -0.05) is 61.5 Å². The number of aryl methyl sites for hydroxylation is 1. The standard InChI is InChI=1S/C29H36ClN3O3/c1-4-22-5-9-24(10-6-22)25-18-26(20-33(19-25)29(34)32-13-15-36-16-14-32)28(35-3)31-21(2)17-23-7-11-27(30)12-8-23/h5-12,25-26H,2,4,13-20H2,1,3H3. The lowest BCUT2D eigenvalue weighted by atomic mass is 9.84. The predicted molar refractivity (Wildman–Crippen MR) is 145 cm³/mol. The lowest BCUT2D eigenvalue weighted by Crippen LogP contribution is -2.53. The molecular weight excluding hydrogens is 474 g/mol. The van der Waals surface area contributed by atoms with Crippen molar-refractivity contribution in [3.8, 4) is 0 Å². The van der Waals surface area contributed by atoms with E-state index < -0.39 is 0 Å². The van der Waals surface area contributed by atoms with E-state index in [4.69, 9.17) is 26.1 Å². The van der Waals surface area contributed by atoms with Crippen LogP contribution in [0.1, 0.15) is 36.0 Å². The average Bonchev–Trinajstić information content (AvgIpc) is 2.93. The first-order valence-electron chi connectivity index (χ1n) is 12.7. The van der Waals surface area contributed by atoms with E-state index in [9.17, 15) is 4.79 Å². The molecule has 2 amide bonds. The second kappa shape index (κ2) is 12.4. The van der Waals surface area contributed by atoms with Crippen molar-refractivity contribution in [1.82, 2.24) is 9.80 Å². The Labute approximate surface area is 219 Å². The first-order chi connectivity index (χ1) is 17.5. The van der Waals surface area contributed by atoms with Crippen LogP contribution in [0.5, 0.6) is 0 Å². The number of allylic oxidation sites excluding steroid dienone is 1. The molecule has 2 saturated heterocycles. The fraction of sp³-hybridized carbons (Fsp3) is 0.448. The van der Waals surface area contributed by atoms with Crippen molar-refractivity contribution in [3.05, 3.63) is 82.5 Å². The van der Waals surface area contributed by atoms with E-state index in [-0.39, 0.29) is 17.9 Å². The Morgan fingerprint density at radius 2 is 1.72 bits per heavy atom. The number of likely N-dealkylation sites (tertiary alicyclic amines) is 1. The van der Waals surface area contributed by atoms with Gasteiger partial charge in [-0.3, -0.25) is 0 Å². The average molecular weight is 510 g/mol. The Bertz CT molecular complexity index is 1060. The van der Waals surface area contributed by atoms with Gasteiger partial charge in [-0.05, 0) is 41.7 Å². The molecule has 2 fully saturated rings. The van der Waals surface area contributed by atoms with Gasteiger partial charge >= 0.3 is 6.03 Å². The summed E-state index contributed by atoms with van der Waals surface area (Å²) in [7, 11) is 1.65. The van der Waals surface area contributed by atoms with Gasteiger partial charge < -0.3 is 19.3 Å². The molecule has 2 aromatic carbocycles. The van der Waals surface area contributed by atoms with Gasteiger partial charge in [0, 0.05) is 49.2 Å². The lowest BCUT2D eigenvalue weighted by molar-refractivity contribution is 0.0391. The van der Waals surface area contributed by atoms with Crippen LogP contribution in [0.3, 0.4) is 0 Å². The lowest BCUT2D eigenvalue weighted by Gasteiger charge is -2.41. The molecule has 4 rings (SSSR count). The first kappa shape index (κ1) is 26.2. The Morgan fingerprint density at radius 1 is 1.06 bits per heavy atom. The zero-order valence-corrected chi connectivity index (χ0v) is 22.0. The van der Waals surface area contributed by atoms with Crippen molar-refractivity contribution < 1.29 is 14.3 Å². The number of hydrogen-bond donors (Lipinski definition) is 0. The van der Waals surface area contributed by atoms with Crippen LogP contribution >= 0.6 is 11.6 Å². The molecular formula is C29H36ClN3O3. The number of rotatable bonds is 6. The van der Waals surface area contributed by atoms with Gasteiger partial charge in [-0.25, -0.2) is 9.79 Å². The highest BCUT2D eigenvalue weighted by atomic mass is 35.5. The number of urea groups is 1. The molecule has 0 bridgehead atoms. The molecule has 2 aromatic rings. The van der Waals surface area contributed by atoms with Crippen molar-refractivity contribution in [1.29, 1.82) is 0 Å². The van der Waals surface area contributed by atoms with Gasteiger partial charge in [-0.2, -0.15) is 0 Å². The molecule has 0 aliphatic carbocycles. The minimum absolute atomic E-state index is 0.0217. The smallest absolute Gasteiger partial charge is 0.320 e. The summed E-state index contributed by atoms with van der Waals surface area (Å²) in [4.78, 5) is 22.1. The molecule has 36 heavy (non-hydrogen) atoms. The molecule has 7 heteroatoms. The van der Waals surface area contributed by atoms with Gasteiger partial charge in [0.25, 0.3) is 0 Å². The first-order valence-corrected chi connectivity index (χ1v) is 13.1. The number of carbonyl (C=O) groups is 1. The number of ether oxygens (including phenoxy) is 2. The minimum Gasteiger partial charge on any atom is -0.484 e. The number of aliphatic imine (C=N–C) groups is 1. The Balaban J connectivity index is 1.55. The molecule has 2 heterocycles. The van der Waals surface area contributed by atoms with Gasteiger partial charge in [0.05, 0.1) is 26.2 Å². The molecule has 0 N–H and O–H groups in total. The molecule has 0 aromatic heterocycles. The Hall–Kier alpha value is -2.83. The molecule has 2 aliphatic heterocycles. The zero-order chi connectivity index (χ0) is 25.5. The number of halogens is 1. The van der Waals surface area contributed by atoms with E-state index in [0.29, 0.717) is 56.7 Å². The summed E-state index contributed by atoms with van der Waals surface area (Å²) in [5, 5.41) is 0.704. The summed E-state index contributed by atoms with van der Waals surface area (Å²) in [5.74, 6) is 0.805. The molecule has 0 radical (unpaired) electrons. The third kappa shape index (κ3) is 6.68. The highest BCUT2D eigenvalue weighted by Crippen LogP contribution is 2.33. The number of carbonyl (C=O) groups excluding carboxylic acids is 1. The van der Waals surface area contributed by atoms with E-state index in [2.05, 4.69) is 37.8 Å². The van der Waals surface area contributed by atoms with Gasteiger partial charge in [0.15, 0.2) is 5.90 Å². The molecule has 2 atom stereocenters. The molecule has 0 saturated carbocycles. The highest BCUT2D eigenvalue weighted by molar-refractivity contribution is 6.30. The largest absolute Gasteiger partial charge is 0.484 e. The van der Waals surface area contributed by atoms with Gasteiger partial charge in [0.1, 0.15) is 0 Å². The van der Waals surface area contributed by atoms with Crippen LogP contribution in [0.15, 0.2) is 65.8 Å². The quantitative estimate of drug-likeness (QED) is 0.378. The maximum Gasteiger partial charge on any atom is 0.320 e. The predicted octanol–water partition coefficient (Wildman–Crippen LogP) is 5.56. The van der Waals surface area contributed by atoms with E-state index in [1.165, 1.54) is 11.1 Å². The van der Waals surface area contributed by atoms with E-state index in [0.717, 1.165) is 24.1 Å². The van der Waals surface area contributed by atoms with E-state index in [1.807, 2.05) is 34.1 Å². The summed E-state index contributed by atoms with van der Waals surface area (Å²) in [6.45, 7) is 10.0. The molecule has 6 nitrogen and oxygen atoms in total. The van der Waals surface area contributed by atoms with Crippen molar-refractivity contribution in [2.24, 2.45) is 10.9 Å². The topological polar surface area (TPSA) is 54.4 Å². The number of piperidine rings is 1. The summed E-state index contributed by atoms with van der Waals surface area (Å²) < 4.78 is 11.3. The second-order valence-electron chi connectivity index (χ2n) is 9.54. The van der Waals surface area contributed by atoms with Crippen molar-refractivity contribution in [2.45, 2.75) is 32.1 Å². The van der Waals surface area contributed by atoms with Crippen LogP contribution in [-0.4, -0.2) is 68.2 Å². The van der Waals surface area contributed by atoms with E-state index in [1.54, 1.807) is 7.11 Å². The number of amides is 2. The normalized spacial score (nSPS) is 20.8. The molecule has 192 valence electrons. The van der Waals surface area contributed by atoms with Crippen molar-refractivity contribution in [2.75, 3.05) is 46.5 Å². The fourth-order valence-corrected chi connectivity index (χ4v) is 5.12. The highest BCUT2D eigenvalue weighted by Gasteiger charge is 2.36. The zero-order valence-electron chi connectivity index (χ0n) is 21.3. The van der Waals surface area contributed by atoms with E-state index >= 15 is 0 Å². The van der Waals surface area contributed by atoms with Crippen LogP contribution in [0.25, 0.3) is 0 Å². The molecule has 0 spiro atoms. The summed E-state index contributed by atoms with van der Waals surface area (Å²) in [6.07, 6.45) is 2.47. The summed E-state index contributed by atoms with van der Waals surface area (Å²) in [5.41, 5.74) is 4.36. The van der Waals surface area contributed by atoms with Gasteiger partial charge in [0.2, 0.25) is 0 Å².